The van der Waals surface area contributed by atoms with Gasteiger partial charge in [0.15, 0.2) is 0 Å². The number of piperidine rings is 1. The van der Waals surface area contributed by atoms with Gasteiger partial charge in [-0.1, -0.05) is 43.3 Å². The van der Waals surface area contributed by atoms with Crippen LogP contribution < -0.4 is 11.0 Å². The molecule has 0 aliphatic carbocycles. The van der Waals surface area contributed by atoms with E-state index in [1.165, 1.54) is 4.40 Å². The molecule has 3 aromatic heterocycles. The molecule has 4 aromatic rings. The van der Waals surface area contributed by atoms with Crippen molar-refractivity contribution in [3.8, 4) is 0 Å². The molecule has 5 rings (SSSR count). The van der Waals surface area contributed by atoms with E-state index in [4.69, 9.17) is 10.4 Å². The number of nitrogens with one attached hydrogen (secondary N) is 1. The van der Waals surface area contributed by atoms with Crippen molar-refractivity contribution in [2.75, 3.05) is 13.1 Å². The molecule has 1 aliphatic heterocycles. The lowest BCUT2D eigenvalue weighted by Gasteiger charge is -2.30. The van der Waals surface area contributed by atoms with Crippen LogP contribution in [0.25, 0.3) is 16.7 Å². The molecule has 0 radical (unpaired) electrons. The van der Waals surface area contributed by atoms with Crippen molar-refractivity contribution in [3.63, 3.8) is 0 Å². The number of aryl methyl sites for hydroxylation is 3. The van der Waals surface area contributed by atoms with Crippen LogP contribution in [0.15, 0.2) is 59.5 Å². The molecule has 0 spiro atoms. The zero-order valence-corrected chi connectivity index (χ0v) is 19.6. The van der Waals surface area contributed by atoms with Gasteiger partial charge in [-0.15, -0.1) is 0 Å². The molecule has 1 amide bonds. The maximum absolute atomic E-state index is 13.5. The lowest BCUT2D eigenvalue weighted by Crippen LogP contribution is -2.41. The number of likely N-dealkylation sites (tertiary alicyclic amines) is 1. The molecule has 1 fully saturated rings. The summed E-state index contributed by atoms with van der Waals surface area (Å²) in [5.41, 5.74) is 3.17. The van der Waals surface area contributed by atoms with Gasteiger partial charge in [0.25, 0.3) is 11.5 Å². The van der Waals surface area contributed by atoms with Gasteiger partial charge in [-0.3, -0.25) is 19.4 Å². The Bertz CT molecular complexity index is 1500. The van der Waals surface area contributed by atoms with Gasteiger partial charge in [0.2, 0.25) is 0 Å². The van der Waals surface area contributed by atoms with Crippen LogP contribution in [-0.4, -0.2) is 37.8 Å². The minimum absolute atomic E-state index is 0.108. The van der Waals surface area contributed by atoms with E-state index in [1.54, 1.807) is 16.8 Å². The van der Waals surface area contributed by atoms with Gasteiger partial charge in [0.05, 0.1) is 10.9 Å². The molecule has 34 heavy (non-hydrogen) atoms. The molecule has 7 heteroatoms. The molecule has 4 heterocycles. The largest absolute Gasteiger partial charge is 0.339 e. The first-order chi connectivity index (χ1) is 16.4. The summed E-state index contributed by atoms with van der Waals surface area (Å²) < 4.78 is 3.26. The van der Waals surface area contributed by atoms with Crippen molar-refractivity contribution < 1.29 is 4.79 Å². The maximum Gasteiger partial charge on any atom is 0.267 e. The van der Waals surface area contributed by atoms with E-state index in [0.717, 1.165) is 24.0 Å². The lowest BCUT2D eigenvalue weighted by molar-refractivity contribution is 0.0694. The molecule has 1 saturated heterocycles. The Balaban J connectivity index is 1.70. The summed E-state index contributed by atoms with van der Waals surface area (Å²) in [4.78, 5) is 33.6. The van der Waals surface area contributed by atoms with Crippen LogP contribution in [0.5, 0.6) is 0 Å². The molecule has 0 atom stereocenters. The van der Waals surface area contributed by atoms with Crippen molar-refractivity contribution in [2.24, 2.45) is 5.92 Å². The third-order valence-electron chi connectivity index (χ3n) is 6.90. The Morgan fingerprint density at radius 1 is 1.09 bits per heavy atom. The van der Waals surface area contributed by atoms with Crippen molar-refractivity contribution in [1.29, 1.82) is 5.41 Å². The van der Waals surface area contributed by atoms with Gasteiger partial charge in [-0.05, 0) is 55.4 Å². The number of amides is 1. The number of nitrogens with zero attached hydrogens (tertiary/aromatic N) is 4. The Kier molecular flexibility index (Phi) is 5.77. The van der Waals surface area contributed by atoms with Gasteiger partial charge in [-0.2, -0.15) is 0 Å². The molecule has 0 bridgehead atoms. The predicted octanol–water partition coefficient (Wildman–Crippen LogP) is 3.55. The second-order valence-electron chi connectivity index (χ2n) is 9.31. The summed E-state index contributed by atoms with van der Waals surface area (Å²) >= 11 is 0. The molecular formula is C27H29N5O2. The second-order valence-corrected chi connectivity index (χ2v) is 9.31. The molecular weight excluding hydrogens is 426 g/mol. The van der Waals surface area contributed by atoms with E-state index in [9.17, 15) is 9.59 Å². The summed E-state index contributed by atoms with van der Waals surface area (Å²) in [5.74, 6) is 0.413. The molecule has 0 unspecified atom stereocenters. The van der Waals surface area contributed by atoms with E-state index < -0.39 is 0 Å². The van der Waals surface area contributed by atoms with Crippen molar-refractivity contribution in [2.45, 2.75) is 39.7 Å². The number of carbonyl (C=O) groups excluding carboxylic acids is 1. The van der Waals surface area contributed by atoms with Crippen LogP contribution in [0.4, 0.5) is 0 Å². The number of pyridine rings is 2. The number of fused-ring (bicyclic) bond motifs is 2. The van der Waals surface area contributed by atoms with Gasteiger partial charge in [0, 0.05) is 25.8 Å². The fraction of sp³-hybridized carbons (Fsp3) is 0.333. The third-order valence-corrected chi connectivity index (χ3v) is 6.90. The average molecular weight is 456 g/mol. The number of hydrogen-bond donors (Lipinski definition) is 1. The molecule has 174 valence electrons. The first kappa shape index (κ1) is 22.1. The summed E-state index contributed by atoms with van der Waals surface area (Å²) in [5, 5.41) is 9.34. The minimum atomic E-state index is -0.224. The Morgan fingerprint density at radius 3 is 2.56 bits per heavy atom. The van der Waals surface area contributed by atoms with Crippen LogP contribution >= 0.6 is 0 Å². The maximum atomic E-state index is 13.5. The summed E-state index contributed by atoms with van der Waals surface area (Å²) in [7, 11) is 0. The molecule has 7 nitrogen and oxygen atoms in total. The Labute approximate surface area is 197 Å². The van der Waals surface area contributed by atoms with Gasteiger partial charge < -0.3 is 9.47 Å². The van der Waals surface area contributed by atoms with E-state index in [1.807, 2.05) is 54.3 Å². The molecule has 0 saturated carbocycles. The van der Waals surface area contributed by atoms with E-state index >= 15 is 0 Å². The van der Waals surface area contributed by atoms with Crippen LogP contribution in [0.1, 0.15) is 41.3 Å². The third kappa shape index (κ3) is 3.91. The number of aromatic nitrogens is 3. The zero-order valence-electron chi connectivity index (χ0n) is 19.6. The highest BCUT2D eigenvalue weighted by Gasteiger charge is 2.25. The smallest absolute Gasteiger partial charge is 0.267 e. The predicted molar refractivity (Wildman–Crippen MR) is 132 cm³/mol. The zero-order chi connectivity index (χ0) is 23.8. The lowest BCUT2D eigenvalue weighted by atomic mass is 9.98. The Morgan fingerprint density at radius 2 is 1.82 bits per heavy atom. The summed E-state index contributed by atoms with van der Waals surface area (Å²) in [6.45, 7) is 5.92. The highest BCUT2D eigenvalue weighted by molar-refractivity contribution is 5.97. The number of hydrogen-bond acceptors (Lipinski definition) is 4. The van der Waals surface area contributed by atoms with Gasteiger partial charge in [0.1, 0.15) is 16.8 Å². The highest BCUT2D eigenvalue weighted by Crippen LogP contribution is 2.19. The highest BCUT2D eigenvalue weighted by atomic mass is 16.2. The van der Waals surface area contributed by atoms with Gasteiger partial charge in [-0.25, -0.2) is 4.98 Å². The molecule has 1 N–H and O–H groups in total. The van der Waals surface area contributed by atoms with Crippen LogP contribution in [0.3, 0.4) is 0 Å². The summed E-state index contributed by atoms with van der Waals surface area (Å²) in [6, 6.07) is 15.3. The Hall–Kier alpha value is -3.74. The van der Waals surface area contributed by atoms with E-state index in [-0.39, 0.29) is 22.5 Å². The normalized spacial score (nSPS) is 14.7. The first-order valence-corrected chi connectivity index (χ1v) is 11.9. The fourth-order valence-electron chi connectivity index (χ4n) is 4.74. The van der Waals surface area contributed by atoms with Crippen molar-refractivity contribution in [3.05, 3.63) is 87.3 Å². The monoisotopic (exact) mass is 455 g/mol. The van der Waals surface area contributed by atoms with E-state index in [0.29, 0.717) is 48.7 Å². The van der Waals surface area contributed by atoms with Crippen molar-refractivity contribution >= 4 is 22.6 Å². The number of benzene rings is 1. The van der Waals surface area contributed by atoms with Crippen molar-refractivity contribution in [1.82, 2.24) is 18.9 Å². The summed E-state index contributed by atoms with van der Waals surface area (Å²) in [6.07, 6.45) is 4.28. The van der Waals surface area contributed by atoms with Crippen LogP contribution in [-0.2, 0) is 13.0 Å². The first-order valence-electron chi connectivity index (χ1n) is 11.9. The fourth-order valence-corrected chi connectivity index (χ4v) is 4.74. The minimum Gasteiger partial charge on any atom is -0.339 e. The average Bonchev–Trinajstić information content (AvgIpc) is 2.85. The molecule has 1 aromatic carbocycles. The van der Waals surface area contributed by atoms with Crippen LogP contribution in [0, 0.1) is 18.3 Å². The quantitative estimate of drug-likeness (QED) is 0.478. The topological polar surface area (TPSA) is 83.5 Å². The van der Waals surface area contributed by atoms with E-state index in [2.05, 4.69) is 6.92 Å². The molecule has 1 aliphatic rings. The van der Waals surface area contributed by atoms with Crippen LogP contribution in [0.2, 0.25) is 0 Å². The standard InChI is InChI=1S/C27H29N5O2/c1-18-10-14-30(15-11-18)26(33)21-17-22-25(29-24-19(2)7-6-13-32(24)27(22)34)31(23(21)28)16-12-20-8-4-3-5-9-20/h3-9,13,17-18,28H,10-12,14-16H2,1-2H3. The number of carbonyl (C=O) groups is 1. The SMILES string of the molecule is Cc1cccn2c(=O)c3cc(C(=O)N4CCC(C)CC4)c(=N)n(CCc4ccccc4)c3nc12. The second kappa shape index (κ2) is 8.89. The van der Waals surface area contributed by atoms with Gasteiger partial charge >= 0.3 is 0 Å². The number of rotatable bonds is 4.